The van der Waals surface area contributed by atoms with Gasteiger partial charge in [-0.3, -0.25) is 0 Å². The molecule has 90 valence electrons. The van der Waals surface area contributed by atoms with E-state index < -0.39 is 0 Å². The zero-order valence-corrected chi connectivity index (χ0v) is 13.0. The van der Waals surface area contributed by atoms with Crippen LogP contribution in [-0.4, -0.2) is 0 Å². The summed E-state index contributed by atoms with van der Waals surface area (Å²) < 4.78 is 0. The highest BCUT2D eigenvalue weighted by Gasteiger charge is 2.13. The summed E-state index contributed by atoms with van der Waals surface area (Å²) in [6, 6.07) is 10.3. The van der Waals surface area contributed by atoms with E-state index in [0.717, 1.165) is 11.4 Å². The molecule has 1 aromatic carbocycles. The van der Waals surface area contributed by atoms with Gasteiger partial charge in [0, 0.05) is 14.8 Å². The standard InChI is InChI=1S/C14H14BrClS/c1-9-6-10(2)17-14(9)13(15)8-11-4-3-5-12(16)7-11/h3-7,13H,8H2,1-2H3. The van der Waals surface area contributed by atoms with Crippen LogP contribution in [0, 0.1) is 13.8 Å². The third kappa shape index (κ3) is 3.34. The van der Waals surface area contributed by atoms with E-state index in [9.17, 15) is 0 Å². The number of thiophene rings is 1. The number of hydrogen-bond acceptors (Lipinski definition) is 1. The first-order valence-electron chi connectivity index (χ1n) is 5.51. The Kier molecular flexibility index (Phi) is 4.29. The average molecular weight is 330 g/mol. The highest BCUT2D eigenvalue weighted by molar-refractivity contribution is 9.09. The summed E-state index contributed by atoms with van der Waals surface area (Å²) in [5, 5.41) is 0.807. The normalized spacial score (nSPS) is 12.7. The minimum absolute atomic E-state index is 0.375. The first kappa shape index (κ1) is 13.1. The van der Waals surface area contributed by atoms with Crippen LogP contribution in [0.25, 0.3) is 0 Å². The summed E-state index contributed by atoms with van der Waals surface area (Å²) in [7, 11) is 0. The molecule has 0 fully saturated rings. The zero-order valence-electron chi connectivity index (χ0n) is 9.84. The second-order valence-electron chi connectivity index (χ2n) is 4.21. The van der Waals surface area contributed by atoms with Gasteiger partial charge in [-0.1, -0.05) is 39.7 Å². The van der Waals surface area contributed by atoms with Gasteiger partial charge in [-0.2, -0.15) is 0 Å². The topological polar surface area (TPSA) is 0 Å². The van der Waals surface area contributed by atoms with Crippen LogP contribution in [0.4, 0.5) is 0 Å². The number of alkyl halides is 1. The zero-order chi connectivity index (χ0) is 12.4. The van der Waals surface area contributed by atoms with Gasteiger partial charge in [0.25, 0.3) is 0 Å². The lowest BCUT2D eigenvalue weighted by Crippen LogP contribution is -1.94. The van der Waals surface area contributed by atoms with Crippen LogP contribution < -0.4 is 0 Å². The van der Waals surface area contributed by atoms with Gasteiger partial charge >= 0.3 is 0 Å². The first-order chi connectivity index (χ1) is 8.06. The van der Waals surface area contributed by atoms with E-state index in [2.05, 4.69) is 41.9 Å². The van der Waals surface area contributed by atoms with Crippen LogP contribution in [0.2, 0.25) is 5.02 Å². The van der Waals surface area contributed by atoms with Gasteiger partial charge in [0.2, 0.25) is 0 Å². The van der Waals surface area contributed by atoms with Crippen molar-refractivity contribution in [3.63, 3.8) is 0 Å². The van der Waals surface area contributed by atoms with Gasteiger partial charge in [-0.05, 0) is 49.6 Å². The summed E-state index contributed by atoms with van der Waals surface area (Å²) in [5.74, 6) is 0. The van der Waals surface area contributed by atoms with Gasteiger partial charge in [0.15, 0.2) is 0 Å². The Balaban J connectivity index is 2.16. The Morgan fingerprint density at radius 2 is 2.06 bits per heavy atom. The van der Waals surface area contributed by atoms with Gasteiger partial charge in [-0.15, -0.1) is 11.3 Å². The lowest BCUT2D eigenvalue weighted by Gasteiger charge is -2.09. The van der Waals surface area contributed by atoms with Crippen molar-refractivity contribution in [1.82, 2.24) is 0 Å². The molecule has 1 heterocycles. The first-order valence-corrected chi connectivity index (χ1v) is 7.62. The van der Waals surface area contributed by atoms with Crippen LogP contribution in [0.3, 0.4) is 0 Å². The third-order valence-electron chi connectivity index (χ3n) is 2.67. The van der Waals surface area contributed by atoms with E-state index in [0.29, 0.717) is 4.83 Å². The number of halogens is 2. The van der Waals surface area contributed by atoms with Gasteiger partial charge < -0.3 is 0 Å². The van der Waals surface area contributed by atoms with Crippen molar-refractivity contribution in [2.45, 2.75) is 25.1 Å². The molecule has 0 N–H and O–H groups in total. The second kappa shape index (κ2) is 5.55. The van der Waals surface area contributed by atoms with Crippen molar-refractivity contribution in [3.05, 3.63) is 56.2 Å². The third-order valence-corrected chi connectivity index (χ3v) is 5.25. The lowest BCUT2D eigenvalue weighted by atomic mass is 10.1. The molecule has 3 heteroatoms. The Hall–Kier alpha value is -0.310. The van der Waals surface area contributed by atoms with E-state index in [4.69, 9.17) is 11.6 Å². The van der Waals surface area contributed by atoms with E-state index in [-0.39, 0.29) is 0 Å². The summed E-state index contributed by atoms with van der Waals surface area (Å²) in [4.78, 5) is 3.16. The maximum absolute atomic E-state index is 6.00. The molecule has 0 saturated heterocycles. The quantitative estimate of drug-likeness (QED) is 0.634. The van der Waals surface area contributed by atoms with Gasteiger partial charge in [-0.25, -0.2) is 0 Å². The molecule has 1 atom stereocenters. The number of aryl methyl sites for hydroxylation is 2. The molecule has 0 radical (unpaired) electrons. The van der Waals surface area contributed by atoms with Crippen molar-refractivity contribution in [2.75, 3.05) is 0 Å². The monoisotopic (exact) mass is 328 g/mol. The Labute approximate surface area is 120 Å². The van der Waals surface area contributed by atoms with Gasteiger partial charge in [0.1, 0.15) is 0 Å². The van der Waals surface area contributed by atoms with Crippen molar-refractivity contribution in [2.24, 2.45) is 0 Å². The van der Waals surface area contributed by atoms with E-state index >= 15 is 0 Å². The van der Waals surface area contributed by atoms with Crippen molar-refractivity contribution >= 4 is 38.9 Å². The van der Waals surface area contributed by atoms with E-state index in [1.807, 2.05) is 29.5 Å². The highest BCUT2D eigenvalue weighted by Crippen LogP contribution is 2.35. The maximum atomic E-state index is 6.00. The predicted molar refractivity (Wildman–Crippen MR) is 80.6 cm³/mol. The Morgan fingerprint density at radius 3 is 2.65 bits per heavy atom. The molecule has 0 aliphatic heterocycles. The van der Waals surface area contributed by atoms with Crippen molar-refractivity contribution in [3.8, 4) is 0 Å². The number of rotatable bonds is 3. The minimum atomic E-state index is 0.375. The smallest absolute Gasteiger partial charge is 0.0532 e. The van der Waals surface area contributed by atoms with Gasteiger partial charge in [0.05, 0.1) is 4.83 Å². The summed E-state index contributed by atoms with van der Waals surface area (Å²) in [6.45, 7) is 4.32. The Morgan fingerprint density at radius 1 is 1.29 bits per heavy atom. The molecule has 0 amide bonds. The molecular formula is C14H14BrClS. The maximum Gasteiger partial charge on any atom is 0.0532 e. The van der Waals surface area contributed by atoms with E-state index in [1.165, 1.54) is 20.9 Å². The molecule has 0 aliphatic rings. The minimum Gasteiger partial charge on any atom is -0.144 e. The lowest BCUT2D eigenvalue weighted by molar-refractivity contribution is 0.961. The van der Waals surface area contributed by atoms with Crippen LogP contribution in [0.1, 0.15) is 25.7 Å². The molecular weight excluding hydrogens is 316 g/mol. The molecule has 0 aliphatic carbocycles. The molecule has 2 aromatic rings. The number of hydrogen-bond donors (Lipinski definition) is 0. The largest absolute Gasteiger partial charge is 0.144 e. The molecule has 0 saturated carbocycles. The summed E-state index contributed by atoms with van der Waals surface area (Å²) in [6.07, 6.45) is 0.974. The molecule has 2 rings (SSSR count). The van der Waals surface area contributed by atoms with Crippen LogP contribution >= 0.6 is 38.9 Å². The SMILES string of the molecule is Cc1cc(C)c(C(Br)Cc2cccc(Cl)c2)s1. The predicted octanol–water partition coefficient (Wildman–Crippen LogP) is 5.70. The number of benzene rings is 1. The fourth-order valence-electron chi connectivity index (χ4n) is 1.93. The Bertz CT molecular complexity index is 519. The van der Waals surface area contributed by atoms with Crippen LogP contribution in [0.5, 0.6) is 0 Å². The van der Waals surface area contributed by atoms with Crippen LogP contribution in [-0.2, 0) is 6.42 Å². The summed E-state index contributed by atoms with van der Waals surface area (Å²) >= 11 is 11.6. The highest BCUT2D eigenvalue weighted by atomic mass is 79.9. The molecule has 0 nitrogen and oxygen atoms in total. The molecule has 17 heavy (non-hydrogen) atoms. The molecule has 0 bridgehead atoms. The van der Waals surface area contributed by atoms with Crippen LogP contribution in [0.15, 0.2) is 30.3 Å². The summed E-state index contributed by atoms with van der Waals surface area (Å²) in [5.41, 5.74) is 2.64. The van der Waals surface area contributed by atoms with Crippen molar-refractivity contribution in [1.29, 1.82) is 0 Å². The fourth-order valence-corrected chi connectivity index (χ4v) is 4.18. The van der Waals surface area contributed by atoms with E-state index in [1.54, 1.807) is 0 Å². The molecule has 0 spiro atoms. The second-order valence-corrected chi connectivity index (χ2v) is 7.04. The average Bonchev–Trinajstić information content (AvgIpc) is 2.58. The molecule has 1 aromatic heterocycles. The fraction of sp³-hybridized carbons (Fsp3) is 0.286. The molecule has 1 unspecified atom stereocenters. The van der Waals surface area contributed by atoms with Crippen molar-refractivity contribution < 1.29 is 0 Å².